The van der Waals surface area contributed by atoms with Gasteiger partial charge in [-0.15, -0.1) is 0 Å². The minimum Gasteiger partial charge on any atom is -0.460 e. The molecule has 1 aromatic rings. The van der Waals surface area contributed by atoms with Crippen molar-refractivity contribution < 1.29 is 9.53 Å². The number of nitrogens with one attached hydrogen (secondary N) is 1. The third-order valence-electron chi connectivity index (χ3n) is 2.89. The Morgan fingerprint density at radius 1 is 1.41 bits per heavy atom. The normalized spacial score (nSPS) is 20.0. The molecule has 3 heteroatoms. The van der Waals surface area contributed by atoms with E-state index in [-0.39, 0.29) is 12.0 Å². The quantitative estimate of drug-likeness (QED) is 0.639. The van der Waals surface area contributed by atoms with E-state index in [1.807, 2.05) is 30.3 Å². The molecule has 17 heavy (non-hydrogen) atoms. The molecule has 1 atom stereocenters. The maximum atomic E-state index is 11.8. The summed E-state index contributed by atoms with van der Waals surface area (Å²) in [4.78, 5) is 11.8. The van der Waals surface area contributed by atoms with Crippen LogP contribution in [0.5, 0.6) is 0 Å². The Labute approximate surface area is 101 Å². The number of ether oxygens (including phenoxy) is 1. The molecule has 2 rings (SSSR count). The van der Waals surface area contributed by atoms with E-state index in [4.69, 9.17) is 4.74 Å². The first-order valence-electron chi connectivity index (χ1n) is 5.86. The van der Waals surface area contributed by atoms with Gasteiger partial charge in [0.15, 0.2) is 0 Å². The monoisotopic (exact) mass is 231 g/mol. The van der Waals surface area contributed by atoms with Crippen LogP contribution in [0.4, 0.5) is 0 Å². The molecule has 0 spiro atoms. The number of carbonyl (C=O) groups excluding carboxylic acids is 1. The van der Waals surface area contributed by atoms with Crippen molar-refractivity contribution in [1.82, 2.24) is 5.32 Å². The number of rotatable bonds is 3. The second-order valence-electron chi connectivity index (χ2n) is 4.32. The maximum absolute atomic E-state index is 11.8. The predicted molar refractivity (Wildman–Crippen MR) is 66.4 cm³/mol. The van der Waals surface area contributed by atoms with Gasteiger partial charge in [0.1, 0.15) is 12.6 Å². The number of esters is 1. The number of hydrogen-bond acceptors (Lipinski definition) is 3. The summed E-state index contributed by atoms with van der Waals surface area (Å²) < 4.78 is 5.27. The van der Waals surface area contributed by atoms with E-state index in [1.54, 1.807) is 0 Å². The molecule has 1 aliphatic rings. The zero-order chi connectivity index (χ0) is 12.1. The fraction of sp³-hybridized carbons (Fsp3) is 0.357. The largest absolute Gasteiger partial charge is 0.460 e. The van der Waals surface area contributed by atoms with Crippen LogP contribution >= 0.6 is 0 Å². The van der Waals surface area contributed by atoms with Gasteiger partial charge in [-0.2, -0.15) is 0 Å². The van der Waals surface area contributed by atoms with Crippen molar-refractivity contribution in [2.75, 3.05) is 6.54 Å². The van der Waals surface area contributed by atoms with Crippen molar-refractivity contribution in [3.05, 3.63) is 48.0 Å². The Hall–Kier alpha value is -1.61. The molecule has 0 bridgehead atoms. The van der Waals surface area contributed by atoms with E-state index in [2.05, 4.69) is 11.9 Å². The topological polar surface area (TPSA) is 38.3 Å². The molecule has 0 aromatic heterocycles. The molecule has 0 aliphatic carbocycles. The third-order valence-corrected chi connectivity index (χ3v) is 2.89. The second kappa shape index (κ2) is 5.64. The average Bonchev–Trinajstić information content (AvgIpc) is 2.38. The number of piperidine rings is 1. The summed E-state index contributed by atoms with van der Waals surface area (Å²) in [6, 6.07) is 9.54. The molecule has 1 fully saturated rings. The molecule has 1 N–H and O–H groups in total. The van der Waals surface area contributed by atoms with Crippen LogP contribution in [0.15, 0.2) is 42.5 Å². The van der Waals surface area contributed by atoms with Crippen molar-refractivity contribution >= 4 is 5.97 Å². The first kappa shape index (κ1) is 11.9. The molecular weight excluding hydrogens is 214 g/mol. The molecule has 0 saturated carbocycles. The molecule has 1 heterocycles. The Balaban J connectivity index is 1.80. The van der Waals surface area contributed by atoms with Crippen LogP contribution in [-0.4, -0.2) is 18.6 Å². The molecule has 1 unspecified atom stereocenters. The van der Waals surface area contributed by atoms with Crippen LogP contribution in [0.1, 0.15) is 18.4 Å². The van der Waals surface area contributed by atoms with Gasteiger partial charge in [-0.1, -0.05) is 42.5 Å². The molecule has 1 aliphatic heterocycles. The van der Waals surface area contributed by atoms with E-state index in [9.17, 15) is 4.79 Å². The van der Waals surface area contributed by atoms with Gasteiger partial charge in [0.2, 0.25) is 0 Å². The lowest BCUT2D eigenvalue weighted by Crippen LogP contribution is -2.42. The van der Waals surface area contributed by atoms with Gasteiger partial charge in [0, 0.05) is 6.54 Å². The zero-order valence-corrected chi connectivity index (χ0v) is 9.82. The SMILES string of the molecule is C=C1CCC(C(=O)OCc2ccccc2)NC1. The fourth-order valence-electron chi connectivity index (χ4n) is 1.84. The van der Waals surface area contributed by atoms with E-state index in [1.165, 1.54) is 0 Å². The predicted octanol–water partition coefficient (Wildman–Crippen LogP) is 2.04. The summed E-state index contributed by atoms with van der Waals surface area (Å²) in [5.74, 6) is -0.165. The standard InChI is InChI=1S/C14H17NO2/c1-11-7-8-13(15-9-11)14(16)17-10-12-5-3-2-4-6-12/h2-6,13,15H,1,7-10H2. The van der Waals surface area contributed by atoms with Crippen LogP contribution in [0.25, 0.3) is 0 Å². The van der Waals surface area contributed by atoms with E-state index < -0.39 is 0 Å². The lowest BCUT2D eigenvalue weighted by molar-refractivity contribution is -0.147. The Morgan fingerprint density at radius 2 is 2.18 bits per heavy atom. The van der Waals surface area contributed by atoms with Crippen molar-refractivity contribution in [2.24, 2.45) is 0 Å². The highest BCUT2D eigenvalue weighted by molar-refractivity contribution is 5.76. The van der Waals surface area contributed by atoms with Crippen LogP contribution in [0.2, 0.25) is 0 Å². The highest BCUT2D eigenvalue weighted by atomic mass is 16.5. The van der Waals surface area contributed by atoms with E-state index in [0.29, 0.717) is 13.2 Å². The third kappa shape index (κ3) is 3.43. The number of carbonyl (C=O) groups is 1. The van der Waals surface area contributed by atoms with Gasteiger partial charge < -0.3 is 10.1 Å². The molecule has 1 saturated heterocycles. The minimum absolute atomic E-state index is 0.165. The molecule has 0 amide bonds. The minimum atomic E-state index is -0.177. The summed E-state index contributed by atoms with van der Waals surface area (Å²) in [6.45, 7) is 4.95. The zero-order valence-electron chi connectivity index (χ0n) is 9.82. The molecule has 3 nitrogen and oxygen atoms in total. The van der Waals surface area contributed by atoms with Gasteiger partial charge in [-0.3, -0.25) is 4.79 Å². The summed E-state index contributed by atoms with van der Waals surface area (Å²) in [7, 11) is 0. The fourth-order valence-corrected chi connectivity index (χ4v) is 1.84. The van der Waals surface area contributed by atoms with Gasteiger partial charge in [-0.05, 0) is 18.4 Å². The van der Waals surface area contributed by atoms with Crippen LogP contribution in [-0.2, 0) is 16.1 Å². The van der Waals surface area contributed by atoms with Gasteiger partial charge in [0.05, 0.1) is 0 Å². The summed E-state index contributed by atoms with van der Waals surface area (Å²) in [5.41, 5.74) is 2.16. The Morgan fingerprint density at radius 3 is 2.82 bits per heavy atom. The Kier molecular flexibility index (Phi) is 3.94. The smallest absolute Gasteiger partial charge is 0.323 e. The molecular formula is C14H17NO2. The summed E-state index contributed by atoms with van der Waals surface area (Å²) >= 11 is 0. The second-order valence-corrected chi connectivity index (χ2v) is 4.32. The highest BCUT2D eigenvalue weighted by Gasteiger charge is 2.23. The molecule has 90 valence electrons. The average molecular weight is 231 g/mol. The van der Waals surface area contributed by atoms with Gasteiger partial charge in [-0.25, -0.2) is 0 Å². The van der Waals surface area contributed by atoms with Crippen LogP contribution in [0, 0.1) is 0 Å². The lowest BCUT2D eigenvalue weighted by atomic mass is 10.0. The van der Waals surface area contributed by atoms with Crippen LogP contribution < -0.4 is 5.32 Å². The van der Waals surface area contributed by atoms with Gasteiger partial charge in [0.25, 0.3) is 0 Å². The summed E-state index contributed by atoms with van der Waals surface area (Å²) in [5, 5.41) is 3.13. The lowest BCUT2D eigenvalue weighted by Gasteiger charge is -2.23. The van der Waals surface area contributed by atoms with Crippen molar-refractivity contribution in [3.63, 3.8) is 0 Å². The Bertz CT molecular complexity index is 390. The summed E-state index contributed by atoms with van der Waals surface area (Å²) in [6.07, 6.45) is 1.69. The number of benzene rings is 1. The first-order chi connectivity index (χ1) is 8.25. The maximum Gasteiger partial charge on any atom is 0.323 e. The number of hydrogen-bond donors (Lipinski definition) is 1. The first-order valence-corrected chi connectivity index (χ1v) is 5.86. The molecule has 0 radical (unpaired) electrons. The van der Waals surface area contributed by atoms with E-state index >= 15 is 0 Å². The van der Waals surface area contributed by atoms with Crippen molar-refractivity contribution in [3.8, 4) is 0 Å². The van der Waals surface area contributed by atoms with Crippen molar-refractivity contribution in [1.29, 1.82) is 0 Å². The molecule has 1 aromatic carbocycles. The highest BCUT2D eigenvalue weighted by Crippen LogP contribution is 2.13. The van der Waals surface area contributed by atoms with E-state index in [0.717, 1.165) is 24.0 Å². The van der Waals surface area contributed by atoms with Crippen molar-refractivity contribution in [2.45, 2.75) is 25.5 Å². The van der Waals surface area contributed by atoms with Gasteiger partial charge >= 0.3 is 5.97 Å². The van der Waals surface area contributed by atoms with Crippen LogP contribution in [0.3, 0.4) is 0 Å².